The van der Waals surface area contributed by atoms with Crippen molar-refractivity contribution >= 4 is 33.4 Å². The highest BCUT2D eigenvalue weighted by Crippen LogP contribution is 2.33. The Balaban J connectivity index is 1.10. The fourth-order valence-electron chi connectivity index (χ4n) is 4.30. The van der Waals surface area contributed by atoms with Crippen LogP contribution in [0.3, 0.4) is 0 Å². The predicted molar refractivity (Wildman–Crippen MR) is 138 cm³/mol. The average molecular weight is 551 g/mol. The van der Waals surface area contributed by atoms with Gasteiger partial charge in [-0.25, -0.2) is 19.9 Å². The molecule has 4 rings (SSSR count). The van der Waals surface area contributed by atoms with Crippen molar-refractivity contribution in [3.05, 3.63) is 60.2 Å². The second-order valence-corrected chi connectivity index (χ2v) is 9.23. The average Bonchev–Trinajstić information content (AvgIpc) is 2.90. The Labute approximate surface area is 221 Å². The molecule has 0 amide bonds. The van der Waals surface area contributed by atoms with E-state index >= 15 is 0 Å². The van der Waals surface area contributed by atoms with Gasteiger partial charge in [-0.1, -0.05) is 32.1 Å². The molecular formula is C27H28F6N6. The zero-order valence-electron chi connectivity index (χ0n) is 21.0. The first-order valence-corrected chi connectivity index (χ1v) is 12.7. The van der Waals surface area contributed by atoms with Crippen molar-refractivity contribution in [2.75, 3.05) is 23.7 Å². The Kier molecular flexibility index (Phi) is 9.03. The molecule has 2 heterocycles. The first-order chi connectivity index (χ1) is 18.6. The van der Waals surface area contributed by atoms with Crippen LogP contribution in [-0.4, -0.2) is 33.0 Å². The summed E-state index contributed by atoms with van der Waals surface area (Å²) in [6.07, 6.45) is 0.734. The number of halogens is 6. The summed E-state index contributed by atoms with van der Waals surface area (Å²) >= 11 is 0. The van der Waals surface area contributed by atoms with E-state index in [9.17, 15) is 26.3 Å². The number of hydrogen-bond donors (Lipinski definition) is 2. The van der Waals surface area contributed by atoms with Crippen molar-refractivity contribution < 1.29 is 26.3 Å². The van der Waals surface area contributed by atoms with Crippen LogP contribution in [0.1, 0.15) is 56.1 Å². The molecule has 0 saturated heterocycles. The molecular weight excluding hydrogens is 522 g/mol. The van der Waals surface area contributed by atoms with Crippen molar-refractivity contribution in [3.63, 3.8) is 0 Å². The number of unbranched alkanes of at least 4 members (excludes halogenated alkanes) is 6. The fraction of sp³-hybridized carbons (Fsp3) is 0.407. The maximum atomic E-state index is 12.9. The highest BCUT2D eigenvalue weighted by molar-refractivity contribution is 5.90. The number of hydrogen-bond acceptors (Lipinski definition) is 6. The van der Waals surface area contributed by atoms with Crippen molar-refractivity contribution in [2.45, 2.75) is 57.3 Å². The second-order valence-electron chi connectivity index (χ2n) is 9.23. The molecule has 0 aliphatic heterocycles. The monoisotopic (exact) mass is 550 g/mol. The van der Waals surface area contributed by atoms with E-state index in [4.69, 9.17) is 0 Å². The number of fused-ring (bicyclic) bond motifs is 2. The Hall–Kier alpha value is -3.70. The van der Waals surface area contributed by atoms with Crippen molar-refractivity contribution in [1.82, 2.24) is 19.9 Å². The van der Waals surface area contributed by atoms with E-state index in [1.807, 2.05) is 0 Å². The van der Waals surface area contributed by atoms with Gasteiger partial charge < -0.3 is 10.6 Å². The SMILES string of the molecule is FC(F)(F)c1ccc2c(NCCCCCCCCCNc3ncnc4cc(C(F)(F)F)ccc34)ncnc2c1. The van der Waals surface area contributed by atoms with Crippen LogP contribution in [0, 0.1) is 0 Å². The molecule has 208 valence electrons. The third-order valence-electron chi connectivity index (χ3n) is 6.37. The fourth-order valence-corrected chi connectivity index (χ4v) is 4.30. The molecule has 12 heteroatoms. The van der Waals surface area contributed by atoms with Gasteiger partial charge in [0.1, 0.15) is 24.3 Å². The minimum Gasteiger partial charge on any atom is -0.369 e. The number of nitrogens with one attached hydrogen (secondary N) is 2. The Morgan fingerprint density at radius 3 is 1.28 bits per heavy atom. The summed E-state index contributed by atoms with van der Waals surface area (Å²) in [7, 11) is 0. The molecule has 0 aliphatic carbocycles. The van der Waals surface area contributed by atoms with Crippen LogP contribution < -0.4 is 10.6 Å². The van der Waals surface area contributed by atoms with Gasteiger partial charge in [0.25, 0.3) is 0 Å². The molecule has 6 nitrogen and oxygen atoms in total. The van der Waals surface area contributed by atoms with Gasteiger partial charge in [-0.15, -0.1) is 0 Å². The van der Waals surface area contributed by atoms with Gasteiger partial charge in [0, 0.05) is 23.9 Å². The highest BCUT2D eigenvalue weighted by atomic mass is 19.4. The molecule has 0 radical (unpaired) electrons. The number of nitrogens with zero attached hydrogens (tertiary/aromatic N) is 4. The zero-order valence-corrected chi connectivity index (χ0v) is 21.0. The van der Waals surface area contributed by atoms with E-state index < -0.39 is 23.5 Å². The molecule has 2 N–H and O–H groups in total. The van der Waals surface area contributed by atoms with E-state index in [1.165, 1.54) is 24.8 Å². The maximum absolute atomic E-state index is 12.9. The molecule has 0 bridgehead atoms. The third kappa shape index (κ3) is 7.67. The lowest BCUT2D eigenvalue weighted by molar-refractivity contribution is -0.138. The van der Waals surface area contributed by atoms with E-state index in [1.54, 1.807) is 0 Å². The third-order valence-corrected chi connectivity index (χ3v) is 6.37. The Morgan fingerprint density at radius 2 is 0.897 bits per heavy atom. The van der Waals surface area contributed by atoms with Crippen molar-refractivity contribution in [3.8, 4) is 0 Å². The minimum absolute atomic E-state index is 0.250. The summed E-state index contributed by atoms with van der Waals surface area (Å²) < 4.78 is 77.5. The van der Waals surface area contributed by atoms with Crippen LogP contribution in [0.15, 0.2) is 49.1 Å². The van der Waals surface area contributed by atoms with Crippen LogP contribution in [0.4, 0.5) is 38.0 Å². The number of rotatable bonds is 12. The van der Waals surface area contributed by atoms with Gasteiger partial charge in [0.15, 0.2) is 0 Å². The van der Waals surface area contributed by atoms with Crippen LogP contribution in [-0.2, 0) is 12.4 Å². The number of anilines is 2. The van der Waals surface area contributed by atoms with Gasteiger partial charge >= 0.3 is 12.4 Å². The lowest BCUT2D eigenvalue weighted by Crippen LogP contribution is -2.07. The molecule has 39 heavy (non-hydrogen) atoms. The molecule has 0 aliphatic rings. The summed E-state index contributed by atoms with van der Waals surface area (Å²) in [5.74, 6) is 1.05. The summed E-state index contributed by atoms with van der Waals surface area (Å²) in [6.45, 7) is 1.32. The Morgan fingerprint density at radius 1 is 0.513 bits per heavy atom. The summed E-state index contributed by atoms with van der Waals surface area (Å²) in [4.78, 5) is 16.2. The van der Waals surface area contributed by atoms with Crippen LogP contribution in [0.25, 0.3) is 21.8 Å². The van der Waals surface area contributed by atoms with Gasteiger partial charge in [0.05, 0.1) is 22.2 Å². The lowest BCUT2D eigenvalue weighted by atomic mass is 10.1. The molecule has 2 aromatic carbocycles. The van der Waals surface area contributed by atoms with Crippen molar-refractivity contribution in [1.29, 1.82) is 0 Å². The molecule has 0 atom stereocenters. The van der Waals surface area contributed by atoms with Gasteiger partial charge in [-0.2, -0.15) is 26.3 Å². The zero-order chi connectivity index (χ0) is 27.9. The lowest BCUT2D eigenvalue weighted by Gasteiger charge is -2.11. The first-order valence-electron chi connectivity index (χ1n) is 12.7. The molecule has 4 aromatic rings. The highest BCUT2D eigenvalue weighted by Gasteiger charge is 2.31. The smallest absolute Gasteiger partial charge is 0.369 e. The first kappa shape index (κ1) is 28.3. The molecule has 0 fully saturated rings. The van der Waals surface area contributed by atoms with E-state index in [0.717, 1.165) is 69.2 Å². The van der Waals surface area contributed by atoms with Gasteiger partial charge in [-0.05, 0) is 49.2 Å². The molecule has 2 aromatic heterocycles. The normalized spacial score (nSPS) is 12.3. The summed E-state index contributed by atoms with van der Waals surface area (Å²) in [5, 5.41) is 7.50. The number of aromatic nitrogens is 4. The maximum Gasteiger partial charge on any atom is 0.416 e. The van der Waals surface area contributed by atoms with Gasteiger partial charge in [-0.3, -0.25) is 0 Å². The predicted octanol–water partition coefficient (Wildman–Crippen LogP) is 7.87. The molecule has 0 spiro atoms. The van der Waals surface area contributed by atoms with Crippen LogP contribution >= 0.6 is 0 Å². The topological polar surface area (TPSA) is 75.6 Å². The standard InChI is InChI=1S/C27H28F6N6/c28-26(29,30)18-8-10-20-22(14-18)36-16-38-24(20)34-12-6-4-2-1-3-5-7-13-35-25-21-11-9-19(27(31,32)33)15-23(21)37-17-39-25/h8-11,14-17H,1-7,12-13H2,(H,34,36,38)(H,35,37,39). The van der Waals surface area contributed by atoms with Crippen LogP contribution in [0.5, 0.6) is 0 Å². The quantitative estimate of drug-likeness (QED) is 0.138. The van der Waals surface area contributed by atoms with Gasteiger partial charge in [0.2, 0.25) is 0 Å². The largest absolute Gasteiger partial charge is 0.416 e. The minimum atomic E-state index is -4.41. The van der Waals surface area contributed by atoms with Crippen LogP contribution in [0.2, 0.25) is 0 Å². The number of alkyl halides is 6. The van der Waals surface area contributed by atoms with E-state index in [0.29, 0.717) is 35.5 Å². The van der Waals surface area contributed by atoms with E-state index in [2.05, 4.69) is 30.6 Å². The van der Waals surface area contributed by atoms with E-state index in [-0.39, 0.29) is 11.0 Å². The molecule has 0 unspecified atom stereocenters. The Bertz CT molecular complexity index is 1280. The second kappa shape index (κ2) is 12.4. The van der Waals surface area contributed by atoms with Crippen molar-refractivity contribution in [2.24, 2.45) is 0 Å². The summed E-state index contributed by atoms with van der Waals surface area (Å²) in [6, 6.07) is 6.92. The molecule has 0 saturated carbocycles. The summed E-state index contributed by atoms with van der Waals surface area (Å²) in [5.41, 5.74) is -0.970. The number of benzene rings is 2.